The van der Waals surface area contributed by atoms with Gasteiger partial charge in [0.2, 0.25) is 0 Å². The Morgan fingerprint density at radius 1 is 1.33 bits per heavy atom. The molecule has 1 aromatic rings. The van der Waals surface area contributed by atoms with Gasteiger partial charge in [-0.15, -0.1) is 6.58 Å². The van der Waals surface area contributed by atoms with Crippen molar-refractivity contribution < 1.29 is 19.1 Å². The molecule has 0 atom stereocenters. The third kappa shape index (κ3) is 5.01. The van der Waals surface area contributed by atoms with Crippen LogP contribution >= 0.6 is 0 Å². The highest BCUT2D eigenvalue weighted by Gasteiger charge is 2.26. The van der Waals surface area contributed by atoms with Gasteiger partial charge in [0.15, 0.2) is 0 Å². The van der Waals surface area contributed by atoms with Gasteiger partial charge >= 0.3 is 12.2 Å². The van der Waals surface area contributed by atoms with Crippen LogP contribution in [0.2, 0.25) is 0 Å². The van der Waals surface area contributed by atoms with E-state index in [1.54, 1.807) is 35.2 Å². The molecule has 0 spiro atoms. The third-order valence-corrected chi connectivity index (χ3v) is 4.05. The zero-order valence-corrected chi connectivity index (χ0v) is 14.0. The Kier molecular flexibility index (Phi) is 6.66. The van der Waals surface area contributed by atoms with Gasteiger partial charge in [0.25, 0.3) is 0 Å². The molecule has 24 heavy (non-hydrogen) atoms. The number of amides is 2. The van der Waals surface area contributed by atoms with Gasteiger partial charge in [-0.3, -0.25) is 5.32 Å². The van der Waals surface area contributed by atoms with Crippen LogP contribution in [0.25, 0.3) is 0 Å². The van der Waals surface area contributed by atoms with Gasteiger partial charge in [0.05, 0.1) is 7.11 Å². The second-order valence-corrected chi connectivity index (χ2v) is 5.75. The maximum Gasteiger partial charge on any atom is 0.415 e. The predicted molar refractivity (Wildman–Crippen MR) is 92.3 cm³/mol. The van der Waals surface area contributed by atoms with E-state index in [1.807, 2.05) is 0 Å². The number of carbonyl (C=O) groups excluding carboxylic acids is 2. The standard InChI is InChI=1S/C18H24N2O4/c1-3-12-20(15-9-5-4-6-10-15)18(22)24-16-11-7-8-14(13-16)19-17(21)23-2/h3,7-8,11,13,15H,1,4-6,9-10,12H2,2H3,(H,19,21). The Morgan fingerprint density at radius 2 is 2.08 bits per heavy atom. The van der Waals surface area contributed by atoms with Crippen LogP contribution in [0.3, 0.4) is 0 Å². The number of hydrogen-bond donors (Lipinski definition) is 1. The monoisotopic (exact) mass is 332 g/mol. The van der Waals surface area contributed by atoms with Crippen molar-refractivity contribution in [2.24, 2.45) is 0 Å². The van der Waals surface area contributed by atoms with Crippen LogP contribution in [-0.4, -0.2) is 36.8 Å². The molecule has 1 N–H and O–H groups in total. The number of methoxy groups -OCH3 is 1. The summed E-state index contributed by atoms with van der Waals surface area (Å²) in [7, 11) is 1.29. The van der Waals surface area contributed by atoms with Crippen molar-refractivity contribution >= 4 is 17.9 Å². The summed E-state index contributed by atoms with van der Waals surface area (Å²) < 4.78 is 10.0. The first-order chi connectivity index (χ1) is 11.6. The molecule has 1 aromatic carbocycles. The first-order valence-corrected chi connectivity index (χ1v) is 8.18. The molecule has 1 aliphatic carbocycles. The van der Waals surface area contributed by atoms with Crippen LogP contribution in [0.15, 0.2) is 36.9 Å². The lowest BCUT2D eigenvalue weighted by Gasteiger charge is -2.32. The topological polar surface area (TPSA) is 67.9 Å². The van der Waals surface area contributed by atoms with Crippen LogP contribution in [0.1, 0.15) is 32.1 Å². The summed E-state index contributed by atoms with van der Waals surface area (Å²) in [5.74, 6) is 0.374. The maximum absolute atomic E-state index is 12.5. The summed E-state index contributed by atoms with van der Waals surface area (Å²) in [6.45, 7) is 4.19. The molecule has 0 bridgehead atoms. The fourth-order valence-electron chi connectivity index (χ4n) is 2.87. The SMILES string of the molecule is C=CCN(C(=O)Oc1cccc(NC(=O)OC)c1)C1CCCCC1. The summed E-state index contributed by atoms with van der Waals surface area (Å²) in [4.78, 5) is 25.5. The molecular weight excluding hydrogens is 308 g/mol. The lowest BCUT2D eigenvalue weighted by molar-refractivity contribution is 0.124. The summed E-state index contributed by atoms with van der Waals surface area (Å²) >= 11 is 0. The molecule has 0 aliphatic heterocycles. The van der Waals surface area contributed by atoms with Crippen LogP contribution in [0.4, 0.5) is 15.3 Å². The molecule has 0 unspecified atom stereocenters. The number of carbonyl (C=O) groups is 2. The third-order valence-electron chi connectivity index (χ3n) is 4.05. The summed E-state index contributed by atoms with van der Waals surface area (Å²) in [6, 6.07) is 6.85. The average Bonchev–Trinajstić information content (AvgIpc) is 2.60. The highest BCUT2D eigenvalue weighted by Crippen LogP contribution is 2.24. The van der Waals surface area contributed by atoms with Gasteiger partial charge in [-0.05, 0) is 25.0 Å². The molecule has 130 valence electrons. The fraction of sp³-hybridized carbons (Fsp3) is 0.444. The second kappa shape index (κ2) is 8.96. The van der Waals surface area contributed by atoms with E-state index in [9.17, 15) is 9.59 Å². The van der Waals surface area contributed by atoms with Gasteiger partial charge < -0.3 is 14.4 Å². The molecule has 0 saturated heterocycles. The predicted octanol–water partition coefficient (Wildman–Crippen LogP) is 4.18. The van der Waals surface area contributed by atoms with Crippen LogP contribution < -0.4 is 10.1 Å². The number of nitrogens with one attached hydrogen (secondary N) is 1. The van der Waals surface area contributed by atoms with Crippen molar-refractivity contribution in [3.05, 3.63) is 36.9 Å². The molecule has 0 radical (unpaired) electrons. The van der Waals surface area contributed by atoms with Gasteiger partial charge in [-0.25, -0.2) is 9.59 Å². The van der Waals surface area contributed by atoms with Gasteiger partial charge in [0, 0.05) is 24.3 Å². The van der Waals surface area contributed by atoms with Gasteiger partial charge in [-0.1, -0.05) is 31.4 Å². The Morgan fingerprint density at radius 3 is 2.75 bits per heavy atom. The van der Waals surface area contributed by atoms with E-state index in [4.69, 9.17) is 4.74 Å². The van der Waals surface area contributed by atoms with Crippen molar-refractivity contribution in [2.75, 3.05) is 19.0 Å². The van der Waals surface area contributed by atoms with Crippen molar-refractivity contribution in [1.82, 2.24) is 4.90 Å². The van der Waals surface area contributed by atoms with Crippen LogP contribution in [0.5, 0.6) is 5.75 Å². The molecule has 6 heteroatoms. The molecule has 6 nitrogen and oxygen atoms in total. The molecule has 2 amide bonds. The molecule has 2 rings (SSSR count). The molecule has 1 fully saturated rings. The molecule has 1 saturated carbocycles. The maximum atomic E-state index is 12.5. The highest BCUT2D eigenvalue weighted by atomic mass is 16.6. The van der Waals surface area contributed by atoms with Crippen molar-refractivity contribution in [1.29, 1.82) is 0 Å². The Labute approximate surface area is 142 Å². The lowest BCUT2D eigenvalue weighted by Crippen LogP contribution is -2.43. The smallest absolute Gasteiger partial charge is 0.415 e. The first-order valence-electron chi connectivity index (χ1n) is 8.18. The average molecular weight is 332 g/mol. The van der Waals surface area contributed by atoms with Gasteiger partial charge in [0.1, 0.15) is 5.75 Å². The number of ether oxygens (including phenoxy) is 2. The Hall–Kier alpha value is -2.50. The van der Waals surface area contributed by atoms with Gasteiger partial charge in [-0.2, -0.15) is 0 Å². The fourth-order valence-corrected chi connectivity index (χ4v) is 2.87. The largest absolute Gasteiger partial charge is 0.453 e. The van der Waals surface area contributed by atoms with Crippen LogP contribution in [-0.2, 0) is 4.74 Å². The van der Waals surface area contributed by atoms with Crippen molar-refractivity contribution in [2.45, 2.75) is 38.1 Å². The highest BCUT2D eigenvalue weighted by molar-refractivity contribution is 5.85. The van der Waals surface area contributed by atoms with Crippen molar-refractivity contribution in [3.63, 3.8) is 0 Å². The minimum atomic E-state index is -0.575. The quantitative estimate of drug-likeness (QED) is 0.821. The van der Waals surface area contributed by atoms with E-state index in [2.05, 4.69) is 16.6 Å². The number of hydrogen-bond acceptors (Lipinski definition) is 4. The number of nitrogens with zero attached hydrogens (tertiary/aromatic N) is 1. The van der Waals surface area contributed by atoms with E-state index in [1.165, 1.54) is 13.5 Å². The first kappa shape index (κ1) is 17.8. The van der Waals surface area contributed by atoms with E-state index in [0.29, 0.717) is 18.0 Å². The van der Waals surface area contributed by atoms with E-state index in [0.717, 1.165) is 25.7 Å². The molecular formula is C18H24N2O4. The number of anilines is 1. The minimum Gasteiger partial charge on any atom is -0.453 e. The summed E-state index contributed by atoms with van der Waals surface area (Å²) in [5, 5.41) is 2.54. The van der Waals surface area contributed by atoms with E-state index >= 15 is 0 Å². The lowest BCUT2D eigenvalue weighted by atomic mass is 9.94. The zero-order chi connectivity index (χ0) is 17.4. The Bertz CT molecular complexity index is 582. The van der Waals surface area contributed by atoms with E-state index < -0.39 is 12.2 Å². The number of rotatable bonds is 5. The van der Waals surface area contributed by atoms with E-state index in [-0.39, 0.29) is 6.04 Å². The second-order valence-electron chi connectivity index (χ2n) is 5.75. The minimum absolute atomic E-state index is 0.195. The zero-order valence-electron chi connectivity index (χ0n) is 14.0. The molecule has 0 heterocycles. The summed E-state index contributed by atoms with van der Waals surface area (Å²) in [5.41, 5.74) is 0.500. The number of benzene rings is 1. The molecule has 1 aliphatic rings. The molecule has 0 aromatic heterocycles. The Balaban J connectivity index is 2.04. The summed E-state index contributed by atoms with van der Waals surface area (Å²) in [6.07, 6.45) is 6.21. The van der Waals surface area contributed by atoms with Crippen molar-refractivity contribution in [3.8, 4) is 5.75 Å². The normalized spacial score (nSPS) is 14.5. The van der Waals surface area contributed by atoms with Crippen LogP contribution in [0, 0.1) is 0 Å².